The smallest absolute Gasteiger partial charge is 0.292 e. The van der Waals surface area contributed by atoms with Gasteiger partial charge in [-0.05, 0) is 43.7 Å². The third kappa shape index (κ3) is 3.85. The van der Waals surface area contributed by atoms with Gasteiger partial charge in [-0.2, -0.15) is 10.2 Å². The van der Waals surface area contributed by atoms with Gasteiger partial charge in [-0.25, -0.2) is 10.1 Å². The van der Waals surface area contributed by atoms with E-state index in [4.69, 9.17) is 4.74 Å². The first kappa shape index (κ1) is 19.1. The summed E-state index contributed by atoms with van der Waals surface area (Å²) in [5, 5.41) is 18.7. The van der Waals surface area contributed by atoms with Crippen molar-refractivity contribution in [1.82, 2.24) is 15.2 Å². The van der Waals surface area contributed by atoms with Gasteiger partial charge in [0.1, 0.15) is 0 Å². The minimum atomic E-state index is -0.529. The van der Waals surface area contributed by atoms with Crippen LogP contribution >= 0.6 is 0 Å². The highest BCUT2D eigenvalue weighted by Gasteiger charge is 2.15. The second-order valence-corrected chi connectivity index (χ2v) is 5.87. The normalized spacial score (nSPS) is 11.1. The van der Waals surface area contributed by atoms with Gasteiger partial charge in [0.05, 0.1) is 18.2 Å². The molecular weight excluding hydrogens is 360 g/mol. The predicted octanol–water partition coefficient (Wildman–Crippen LogP) is 2.28. The second-order valence-electron chi connectivity index (χ2n) is 5.87. The summed E-state index contributed by atoms with van der Waals surface area (Å²) in [6.45, 7) is 4.36. The molecule has 0 aliphatic heterocycles. The van der Waals surface area contributed by atoms with Crippen LogP contribution in [0.1, 0.15) is 29.9 Å². The van der Waals surface area contributed by atoms with Crippen LogP contribution in [0.2, 0.25) is 0 Å². The summed E-state index contributed by atoms with van der Waals surface area (Å²) in [6, 6.07) is 11.6. The highest BCUT2D eigenvalue weighted by molar-refractivity contribution is 6.04. The van der Waals surface area contributed by atoms with E-state index in [1.165, 1.54) is 17.0 Å². The quantitative estimate of drug-likeness (QED) is 0.504. The number of aromatic hydroxyl groups is 1. The van der Waals surface area contributed by atoms with Crippen molar-refractivity contribution in [3.63, 3.8) is 0 Å². The van der Waals surface area contributed by atoms with E-state index >= 15 is 0 Å². The molecule has 0 saturated heterocycles. The average molecular weight is 380 g/mol. The number of nitrogens with zero attached hydrogens (tertiary/aromatic N) is 3. The molecule has 0 radical (unpaired) electrons. The molecule has 8 nitrogen and oxygen atoms in total. The van der Waals surface area contributed by atoms with E-state index in [0.29, 0.717) is 35.2 Å². The van der Waals surface area contributed by atoms with Gasteiger partial charge >= 0.3 is 0 Å². The molecule has 1 amide bonds. The molecule has 0 aliphatic carbocycles. The molecule has 28 heavy (non-hydrogen) atoms. The number of fused-ring (bicyclic) bond motifs is 1. The Morgan fingerprint density at radius 2 is 2.00 bits per heavy atom. The van der Waals surface area contributed by atoms with E-state index in [0.717, 1.165) is 0 Å². The summed E-state index contributed by atoms with van der Waals surface area (Å²) >= 11 is 0. The van der Waals surface area contributed by atoms with Crippen LogP contribution in [0, 0.1) is 0 Å². The zero-order valence-electron chi connectivity index (χ0n) is 15.5. The number of nitrogens with one attached hydrogen (secondary N) is 1. The molecular formula is C20H20N4O4. The Bertz CT molecular complexity index is 1110. The van der Waals surface area contributed by atoms with Crippen molar-refractivity contribution >= 4 is 22.9 Å². The molecule has 2 aromatic carbocycles. The van der Waals surface area contributed by atoms with E-state index in [1.807, 2.05) is 6.92 Å². The molecule has 0 bridgehead atoms. The van der Waals surface area contributed by atoms with Crippen LogP contribution in [0.25, 0.3) is 10.8 Å². The minimum absolute atomic E-state index is 0.0283. The van der Waals surface area contributed by atoms with Crippen LogP contribution in [0.5, 0.6) is 11.5 Å². The number of aromatic nitrogens is 2. The molecule has 0 atom stereocenters. The standard InChI is InChI=1S/C20H20N4O4/c1-3-24-20(27)15-8-6-5-7-14(15)18(23-24)19(26)22-21-12-13-9-10-16(25)17(11-13)28-4-2/h5-12,25H,3-4H2,1-2H3,(H,22,26)/b21-12+. The van der Waals surface area contributed by atoms with Crippen LogP contribution in [0.3, 0.4) is 0 Å². The fraction of sp³-hybridized carbons (Fsp3) is 0.200. The molecule has 0 unspecified atom stereocenters. The Labute approximate surface area is 161 Å². The van der Waals surface area contributed by atoms with Crippen LogP contribution in [0.15, 0.2) is 52.4 Å². The Morgan fingerprint density at radius 1 is 1.25 bits per heavy atom. The molecule has 1 aromatic heterocycles. The molecule has 0 saturated carbocycles. The van der Waals surface area contributed by atoms with Crippen LogP contribution in [-0.4, -0.2) is 33.6 Å². The minimum Gasteiger partial charge on any atom is -0.504 e. The van der Waals surface area contributed by atoms with Crippen molar-refractivity contribution in [2.75, 3.05) is 6.61 Å². The van der Waals surface area contributed by atoms with E-state index < -0.39 is 5.91 Å². The number of hydrogen-bond donors (Lipinski definition) is 2. The lowest BCUT2D eigenvalue weighted by Gasteiger charge is -2.08. The molecule has 3 aromatic rings. The van der Waals surface area contributed by atoms with E-state index in [2.05, 4.69) is 15.6 Å². The number of rotatable bonds is 6. The molecule has 144 valence electrons. The Morgan fingerprint density at radius 3 is 2.71 bits per heavy atom. The summed E-state index contributed by atoms with van der Waals surface area (Å²) in [7, 11) is 0. The van der Waals surface area contributed by atoms with E-state index in [9.17, 15) is 14.7 Å². The summed E-state index contributed by atoms with van der Waals surface area (Å²) < 4.78 is 6.56. The number of aryl methyl sites for hydroxylation is 1. The predicted molar refractivity (Wildman–Crippen MR) is 106 cm³/mol. The summed E-state index contributed by atoms with van der Waals surface area (Å²) in [5.41, 5.74) is 2.94. The third-order valence-electron chi connectivity index (χ3n) is 4.05. The Hall–Kier alpha value is -3.68. The Kier molecular flexibility index (Phi) is 5.69. The number of ether oxygens (including phenoxy) is 1. The zero-order valence-corrected chi connectivity index (χ0v) is 15.5. The highest BCUT2D eigenvalue weighted by atomic mass is 16.5. The van der Waals surface area contributed by atoms with Gasteiger partial charge < -0.3 is 9.84 Å². The van der Waals surface area contributed by atoms with Crippen molar-refractivity contribution in [2.24, 2.45) is 5.10 Å². The molecule has 0 aliphatic rings. The largest absolute Gasteiger partial charge is 0.504 e. The van der Waals surface area contributed by atoms with Gasteiger partial charge in [0.25, 0.3) is 11.5 Å². The Balaban J connectivity index is 1.86. The first-order valence-electron chi connectivity index (χ1n) is 8.84. The van der Waals surface area contributed by atoms with Gasteiger partial charge in [-0.1, -0.05) is 18.2 Å². The molecule has 0 fully saturated rings. The van der Waals surface area contributed by atoms with Crippen LogP contribution in [-0.2, 0) is 6.54 Å². The third-order valence-corrected chi connectivity index (χ3v) is 4.05. The van der Waals surface area contributed by atoms with Gasteiger partial charge in [0.2, 0.25) is 0 Å². The summed E-state index contributed by atoms with van der Waals surface area (Å²) in [5.74, 6) is -0.167. The second kappa shape index (κ2) is 8.34. The van der Waals surface area contributed by atoms with E-state index in [1.54, 1.807) is 43.3 Å². The average Bonchev–Trinajstić information content (AvgIpc) is 2.71. The van der Waals surface area contributed by atoms with Gasteiger partial charge in [-0.15, -0.1) is 0 Å². The molecule has 2 N–H and O–H groups in total. The highest BCUT2D eigenvalue weighted by Crippen LogP contribution is 2.26. The van der Waals surface area contributed by atoms with Crippen LogP contribution in [0.4, 0.5) is 0 Å². The summed E-state index contributed by atoms with van der Waals surface area (Å²) in [6.07, 6.45) is 1.43. The fourth-order valence-corrected chi connectivity index (χ4v) is 2.72. The first-order chi connectivity index (χ1) is 13.5. The van der Waals surface area contributed by atoms with Crippen LogP contribution < -0.4 is 15.7 Å². The number of hydrazone groups is 1. The van der Waals surface area contributed by atoms with Crippen molar-refractivity contribution < 1.29 is 14.6 Å². The summed E-state index contributed by atoms with van der Waals surface area (Å²) in [4.78, 5) is 24.9. The first-order valence-corrected chi connectivity index (χ1v) is 8.84. The number of hydrogen-bond acceptors (Lipinski definition) is 6. The topological polar surface area (TPSA) is 106 Å². The van der Waals surface area contributed by atoms with Crippen molar-refractivity contribution in [1.29, 1.82) is 0 Å². The zero-order chi connectivity index (χ0) is 20.1. The molecule has 3 rings (SSSR count). The lowest BCUT2D eigenvalue weighted by Crippen LogP contribution is -2.28. The fourth-order valence-electron chi connectivity index (χ4n) is 2.72. The number of phenols is 1. The van der Waals surface area contributed by atoms with Gasteiger partial charge in [0.15, 0.2) is 17.2 Å². The number of benzene rings is 2. The number of carbonyl (C=O) groups is 1. The molecule has 0 spiro atoms. The maximum Gasteiger partial charge on any atom is 0.292 e. The SMILES string of the molecule is CCOc1cc(/C=N/NC(=O)c2nn(CC)c(=O)c3ccccc23)ccc1O. The maximum absolute atomic E-state index is 12.6. The van der Waals surface area contributed by atoms with Crippen molar-refractivity contribution in [3.05, 3.63) is 64.1 Å². The van der Waals surface area contributed by atoms with Gasteiger partial charge in [-0.3, -0.25) is 9.59 Å². The number of amides is 1. The van der Waals surface area contributed by atoms with Crippen molar-refractivity contribution in [3.8, 4) is 11.5 Å². The monoisotopic (exact) mass is 380 g/mol. The maximum atomic E-state index is 12.6. The number of carbonyl (C=O) groups excluding carboxylic acids is 1. The van der Waals surface area contributed by atoms with E-state index in [-0.39, 0.29) is 17.0 Å². The molecule has 8 heteroatoms. The van der Waals surface area contributed by atoms with Crippen molar-refractivity contribution in [2.45, 2.75) is 20.4 Å². The number of phenolic OH excluding ortho intramolecular Hbond substituents is 1. The molecule has 1 heterocycles. The van der Waals surface area contributed by atoms with Gasteiger partial charge in [0, 0.05) is 11.9 Å². The lowest BCUT2D eigenvalue weighted by atomic mass is 10.1. The lowest BCUT2D eigenvalue weighted by molar-refractivity contribution is 0.0949.